The Morgan fingerprint density at radius 3 is 2.46 bits per heavy atom. The number of halogens is 2. The van der Waals surface area contributed by atoms with Crippen LogP contribution in [0, 0.1) is 5.82 Å². The van der Waals surface area contributed by atoms with Gasteiger partial charge in [-0.2, -0.15) is 0 Å². The normalized spacial score (nSPS) is 16.6. The number of sulfonamides is 1. The summed E-state index contributed by atoms with van der Waals surface area (Å²) < 4.78 is 47.1. The standard InChI is InChI=1S/C17H17BrFNO4S2/c1-24-16(21)13-10-14(15(18)25-13)26(22,23)20-17(8-2-3-9-17)11-4-6-12(19)7-5-11/h4-7,10,20H,2-3,8-9H2,1H3. The van der Waals surface area contributed by atoms with Gasteiger partial charge in [0.1, 0.15) is 15.6 Å². The van der Waals surface area contributed by atoms with Crippen LogP contribution in [0.4, 0.5) is 4.39 Å². The van der Waals surface area contributed by atoms with Crippen molar-refractivity contribution in [3.63, 3.8) is 0 Å². The van der Waals surface area contributed by atoms with Gasteiger partial charge in [0.25, 0.3) is 0 Å². The zero-order valence-corrected chi connectivity index (χ0v) is 17.1. The molecule has 1 saturated carbocycles. The molecule has 0 unspecified atom stereocenters. The summed E-state index contributed by atoms with van der Waals surface area (Å²) in [6.45, 7) is 0. The summed E-state index contributed by atoms with van der Waals surface area (Å²) in [5.74, 6) is -0.959. The molecule has 0 bridgehead atoms. The topological polar surface area (TPSA) is 72.5 Å². The Bertz CT molecular complexity index is 919. The van der Waals surface area contributed by atoms with Crippen LogP contribution in [0.3, 0.4) is 0 Å². The molecule has 0 aliphatic heterocycles. The van der Waals surface area contributed by atoms with Crippen LogP contribution in [0.15, 0.2) is 39.0 Å². The molecule has 26 heavy (non-hydrogen) atoms. The fourth-order valence-corrected chi connectivity index (χ4v) is 7.18. The van der Waals surface area contributed by atoms with E-state index in [1.54, 1.807) is 12.1 Å². The van der Waals surface area contributed by atoms with Gasteiger partial charge in [-0.3, -0.25) is 0 Å². The van der Waals surface area contributed by atoms with E-state index >= 15 is 0 Å². The number of hydrogen-bond acceptors (Lipinski definition) is 5. The van der Waals surface area contributed by atoms with E-state index in [1.807, 2.05) is 0 Å². The lowest BCUT2D eigenvalue weighted by Crippen LogP contribution is -2.43. The van der Waals surface area contributed by atoms with E-state index in [0.717, 1.165) is 29.7 Å². The van der Waals surface area contributed by atoms with Gasteiger partial charge in [-0.1, -0.05) is 25.0 Å². The number of hydrogen-bond donors (Lipinski definition) is 1. The van der Waals surface area contributed by atoms with Gasteiger partial charge in [0.2, 0.25) is 10.0 Å². The molecule has 0 spiro atoms. The van der Waals surface area contributed by atoms with Crippen LogP contribution in [-0.4, -0.2) is 21.5 Å². The zero-order valence-electron chi connectivity index (χ0n) is 13.9. The predicted octanol–water partition coefficient (Wildman–Crippen LogP) is 4.18. The third-order valence-corrected chi connectivity index (χ3v) is 8.28. The van der Waals surface area contributed by atoms with Crippen molar-refractivity contribution >= 4 is 43.3 Å². The van der Waals surface area contributed by atoms with Crippen LogP contribution >= 0.6 is 27.3 Å². The molecule has 1 aliphatic rings. The second kappa shape index (κ2) is 7.38. The highest BCUT2D eigenvalue weighted by molar-refractivity contribution is 9.11. The quantitative estimate of drug-likeness (QED) is 0.677. The lowest BCUT2D eigenvalue weighted by Gasteiger charge is -2.30. The molecule has 1 N–H and O–H groups in total. The fraction of sp³-hybridized carbons (Fsp3) is 0.353. The van der Waals surface area contributed by atoms with Crippen molar-refractivity contribution in [3.8, 4) is 0 Å². The third kappa shape index (κ3) is 3.71. The minimum absolute atomic E-state index is 0.00344. The van der Waals surface area contributed by atoms with Gasteiger partial charge in [0.05, 0.1) is 16.4 Å². The highest BCUT2D eigenvalue weighted by atomic mass is 79.9. The predicted molar refractivity (Wildman–Crippen MR) is 100 cm³/mol. The van der Waals surface area contributed by atoms with E-state index in [1.165, 1.54) is 25.3 Å². The monoisotopic (exact) mass is 461 g/mol. The fourth-order valence-electron chi connectivity index (χ4n) is 3.25. The molecule has 0 saturated heterocycles. The van der Waals surface area contributed by atoms with Crippen LogP contribution in [0.5, 0.6) is 0 Å². The molecule has 0 radical (unpaired) electrons. The van der Waals surface area contributed by atoms with E-state index in [4.69, 9.17) is 0 Å². The first-order valence-corrected chi connectivity index (χ1v) is 11.0. The van der Waals surface area contributed by atoms with Crippen molar-refractivity contribution in [1.82, 2.24) is 4.72 Å². The number of thiophene rings is 1. The number of carbonyl (C=O) groups is 1. The minimum Gasteiger partial charge on any atom is -0.465 e. The summed E-state index contributed by atoms with van der Waals surface area (Å²) in [6, 6.07) is 7.20. The lowest BCUT2D eigenvalue weighted by molar-refractivity contribution is 0.0606. The Labute approximate surface area is 163 Å². The largest absolute Gasteiger partial charge is 0.465 e. The summed E-state index contributed by atoms with van der Waals surface area (Å²) >= 11 is 4.23. The van der Waals surface area contributed by atoms with E-state index in [-0.39, 0.29) is 15.6 Å². The molecule has 1 aliphatic carbocycles. The van der Waals surface area contributed by atoms with Crippen molar-refractivity contribution in [2.24, 2.45) is 0 Å². The second-order valence-corrected chi connectivity index (χ2v) is 10.2. The average Bonchev–Trinajstić information content (AvgIpc) is 3.22. The van der Waals surface area contributed by atoms with Gasteiger partial charge >= 0.3 is 5.97 Å². The van der Waals surface area contributed by atoms with Crippen LogP contribution in [0.25, 0.3) is 0 Å². The number of ether oxygens (including phenoxy) is 1. The summed E-state index contributed by atoms with van der Waals surface area (Å²) in [5, 5.41) is 0. The number of nitrogens with one attached hydrogen (secondary N) is 1. The molecule has 9 heteroatoms. The van der Waals surface area contributed by atoms with Crippen molar-refractivity contribution in [1.29, 1.82) is 0 Å². The van der Waals surface area contributed by atoms with Crippen molar-refractivity contribution in [2.45, 2.75) is 36.1 Å². The maximum absolute atomic E-state index is 13.3. The number of benzene rings is 1. The van der Waals surface area contributed by atoms with Crippen molar-refractivity contribution < 1.29 is 22.3 Å². The molecule has 3 rings (SSSR count). The van der Waals surface area contributed by atoms with Gasteiger partial charge < -0.3 is 4.74 Å². The summed E-state index contributed by atoms with van der Waals surface area (Å²) in [4.78, 5) is 11.9. The van der Waals surface area contributed by atoms with Gasteiger partial charge in [0.15, 0.2) is 0 Å². The van der Waals surface area contributed by atoms with Crippen LogP contribution in [0.1, 0.15) is 40.9 Å². The third-order valence-electron chi connectivity index (χ3n) is 4.52. The average molecular weight is 462 g/mol. The smallest absolute Gasteiger partial charge is 0.348 e. The van der Waals surface area contributed by atoms with Crippen molar-refractivity contribution in [3.05, 3.63) is 50.4 Å². The van der Waals surface area contributed by atoms with E-state index in [0.29, 0.717) is 16.6 Å². The molecule has 1 heterocycles. The first-order chi connectivity index (χ1) is 12.3. The second-order valence-electron chi connectivity index (χ2n) is 6.14. The Hall–Kier alpha value is -1.29. The van der Waals surface area contributed by atoms with Crippen LogP contribution in [0.2, 0.25) is 0 Å². The molecule has 1 fully saturated rings. The van der Waals surface area contributed by atoms with Gasteiger partial charge in [-0.05, 0) is 52.5 Å². The van der Waals surface area contributed by atoms with Crippen molar-refractivity contribution in [2.75, 3.05) is 7.11 Å². The summed E-state index contributed by atoms with van der Waals surface area (Å²) in [6.07, 6.45) is 3.00. The first kappa shape index (κ1) is 19.5. The Morgan fingerprint density at radius 2 is 1.88 bits per heavy atom. The molecular weight excluding hydrogens is 445 g/mol. The van der Waals surface area contributed by atoms with Gasteiger partial charge in [-0.15, -0.1) is 11.3 Å². The van der Waals surface area contributed by atoms with Gasteiger partial charge in [0, 0.05) is 0 Å². The number of methoxy groups -OCH3 is 1. The number of rotatable bonds is 5. The molecule has 0 atom stereocenters. The summed E-state index contributed by atoms with van der Waals surface area (Å²) in [5.41, 5.74) is -0.0428. The molecule has 1 aromatic heterocycles. The molecule has 140 valence electrons. The van der Waals surface area contributed by atoms with E-state index in [9.17, 15) is 17.6 Å². The minimum atomic E-state index is -3.90. The van der Waals surface area contributed by atoms with Crippen LogP contribution in [-0.2, 0) is 20.3 Å². The number of carbonyl (C=O) groups excluding carboxylic acids is 1. The van der Waals surface area contributed by atoms with E-state index in [2.05, 4.69) is 25.4 Å². The highest BCUT2D eigenvalue weighted by Crippen LogP contribution is 2.41. The molecule has 0 amide bonds. The van der Waals surface area contributed by atoms with Crippen LogP contribution < -0.4 is 4.72 Å². The summed E-state index contributed by atoms with van der Waals surface area (Å²) in [7, 11) is -2.66. The first-order valence-electron chi connectivity index (χ1n) is 7.95. The molecule has 2 aromatic rings. The van der Waals surface area contributed by atoms with Gasteiger partial charge in [-0.25, -0.2) is 22.3 Å². The SMILES string of the molecule is COC(=O)c1cc(S(=O)(=O)NC2(c3ccc(F)cc3)CCCC2)c(Br)s1. The zero-order chi connectivity index (χ0) is 18.9. The maximum atomic E-state index is 13.3. The molecular formula is C17H17BrFNO4S2. The maximum Gasteiger partial charge on any atom is 0.348 e. The lowest BCUT2D eigenvalue weighted by atomic mass is 9.89. The number of esters is 1. The molecule has 5 nitrogen and oxygen atoms in total. The Kier molecular flexibility index (Phi) is 5.53. The highest BCUT2D eigenvalue weighted by Gasteiger charge is 2.40. The molecule has 1 aromatic carbocycles. The Balaban J connectivity index is 1.98. The van der Waals surface area contributed by atoms with E-state index < -0.39 is 21.5 Å². The Morgan fingerprint density at radius 1 is 1.27 bits per heavy atom.